The third-order valence-electron chi connectivity index (χ3n) is 6.32. The Balaban J connectivity index is 1.87. The van der Waals surface area contributed by atoms with Gasteiger partial charge in [-0.05, 0) is 48.9 Å². The quantitative estimate of drug-likeness (QED) is 0.617. The highest BCUT2D eigenvalue weighted by molar-refractivity contribution is 6.55. The zero-order valence-corrected chi connectivity index (χ0v) is 10.9. The monoisotopic (exact) mass is 202 g/mol. The molecule has 4 atom stereocenters. The zero-order valence-electron chi connectivity index (χ0n) is 10.9. The summed E-state index contributed by atoms with van der Waals surface area (Å²) >= 11 is 0. The summed E-state index contributed by atoms with van der Waals surface area (Å²) in [6.45, 7) is 7.35. The Hall–Kier alpha value is 0.130. The molecule has 3 fully saturated rings. The van der Waals surface area contributed by atoms with E-state index in [1.165, 1.54) is 7.28 Å². The van der Waals surface area contributed by atoms with E-state index in [1.54, 1.807) is 32.1 Å². The minimum Gasteiger partial charge on any atom is -0.0775 e. The van der Waals surface area contributed by atoms with E-state index < -0.39 is 0 Å². The van der Waals surface area contributed by atoms with Crippen molar-refractivity contribution >= 4 is 15.1 Å². The maximum absolute atomic E-state index is 2.56. The van der Waals surface area contributed by atoms with Gasteiger partial charge in [-0.25, -0.2) is 0 Å². The van der Waals surface area contributed by atoms with Crippen LogP contribution in [0, 0.1) is 16.7 Å². The highest BCUT2D eigenvalue weighted by Gasteiger charge is 2.77. The predicted octanol–water partition coefficient (Wildman–Crippen LogP) is 2.60. The molecule has 0 radical (unpaired) electrons. The summed E-state index contributed by atoms with van der Waals surface area (Å²) < 4.78 is 0. The second kappa shape index (κ2) is 2.68. The van der Waals surface area contributed by atoms with Crippen LogP contribution in [0.4, 0.5) is 0 Å². The van der Waals surface area contributed by atoms with Crippen LogP contribution >= 0.6 is 0 Å². The molecule has 0 bridgehead atoms. The minimum atomic E-state index is 0.602. The van der Waals surface area contributed by atoms with Gasteiger partial charge in [0.15, 0.2) is 0 Å². The van der Waals surface area contributed by atoms with Crippen molar-refractivity contribution in [1.29, 1.82) is 0 Å². The fourth-order valence-corrected chi connectivity index (χ4v) is 5.76. The lowest BCUT2D eigenvalue weighted by molar-refractivity contribution is 0.00164. The van der Waals surface area contributed by atoms with Crippen molar-refractivity contribution in [2.75, 3.05) is 0 Å². The fourth-order valence-electron chi connectivity index (χ4n) is 5.76. The zero-order chi connectivity index (χ0) is 10.9. The molecule has 4 unspecified atom stereocenters. The molecule has 0 aliphatic heterocycles. The fraction of sp³-hybridized carbons (Fsp3) is 1.00. The van der Waals surface area contributed by atoms with Crippen molar-refractivity contribution in [2.45, 2.75) is 63.9 Å². The van der Waals surface area contributed by atoms with Crippen molar-refractivity contribution in [3.05, 3.63) is 0 Å². The first-order valence-electron chi connectivity index (χ1n) is 6.94. The van der Waals surface area contributed by atoms with Gasteiger partial charge in [-0.2, -0.15) is 0 Å². The molecule has 3 aliphatic rings. The van der Waals surface area contributed by atoms with E-state index in [1.807, 2.05) is 0 Å². The Bertz CT molecular complexity index is 291. The van der Waals surface area contributed by atoms with Crippen LogP contribution in [0.25, 0.3) is 0 Å². The summed E-state index contributed by atoms with van der Waals surface area (Å²) in [5.41, 5.74) is 1.64. The number of hydrogen-bond donors (Lipinski definition) is 0. The van der Waals surface area contributed by atoms with E-state index in [9.17, 15) is 0 Å². The molecule has 0 aromatic carbocycles. The number of rotatable bonds is 3. The van der Waals surface area contributed by atoms with E-state index in [0.717, 1.165) is 22.6 Å². The lowest BCUT2D eigenvalue weighted by Crippen LogP contribution is -2.51. The molecule has 82 valence electrons. The second-order valence-corrected chi connectivity index (χ2v) is 7.66. The first kappa shape index (κ1) is 10.3. The summed E-state index contributed by atoms with van der Waals surface area (Å²) in [4.78, 5) is 0. The largest absolute Gasteiger partial charge is 0.122 e. The molecule has 1 spiro atoms. The SMILES string of the molecule is BC(C)(BC(C)C)C12CCC3CC31CC2. The topological polar surface area (TPSA) is 0 Å². The van der Waals surface area contributed by atoms with Gasteiger partial charge in [0, 0.05) is 0 Å². The first-order valence-corrected chi connectivity index (χ1v) is 6.94. The Kier molecular flexibility index (Phi) is 1.84. The molecule has 0 saturated heterocycles. The Labute approximate surface area is 96.2 Å². The van der Waals surface area contributed by atoms with Gasteiger partial charge in [0.2, 0.25) is 0 Å². The Morgan fingerprint density at radius 1 is 1.33 bits per heavy atom. The molecule has 0 amide bonds. The van der Waals surface area contributed by atoms with Crippen LogP contribution in [0.1, 0.15) is 52.9 Å². The van der Waals surface area contributed by atoms with Crippen LogP contribution in [0.5, 0.6) is 0 Å². The normalized spacial score (nSPS) is 50.3. The molecule has 3 rings (SSSR count). The van der Waals surface area contributed by atoms with Crippen LogP contribution in [-0.4, -0.2) is 15.1 Å². The molecule has 0 nitrogen and oxygen atoms in total. The van der Waals surface area contributed by atoms with Gasteiger partial charge in [0.25, 0.3) is 0 Å². The van der Waals surface area contributed by atoms with Crippen molar-refractivity contribution in [3.63, 3.8) is 0 Å². The van der Waals surface area contributed by atoms with E-state index in [4.69, 9.17) is 0 Å². The minimum absolute atomic E-state index is 0.602. The lowest BCUT2D eigenvalue weighted by Gasteiger charge is -2.59. The summed E-state index contributed by atoms with van der Waals surface area (Å²) in [6.07, 6.45) is 7.82. The van der Waals surface area contributed by atoms with Gasteiger partial charge in [0.1, 0.15) is 7.28 Å². The maximum Gasteiger partial charge on any atom is 0.122 e. The van der Waals surface area contributed by atoms with Crippen LogP contribution in [0.2, 0.25) is 11.0 Å². The summed E-state index contributed by atoms with van der Waals surface area (Å²) in [5.74, 6) is 2.02. The van der Waals surface area contributed by atoms with Crippen LogP contribution in [0.15, 0.2) is 0 Å². The molecule has 0 N–H and O–H groups in total. The maximum atomic E-state index is 2.56. The molecule has 15 heavy (non-hydrogen) atoms. The van der Waals surface area contributed by atoms with Crippen molar-refractivity contribution in [1.82, 2.24) is 0 Å². The standard InChI is InChI=1S/C13H24B2/c1-9(2)15-11(3,14)13-5-4-10-8-12(10,13)6-7-13/h9-10,15H,4-8,14H2,1-3H3. The van der Waals surface area contributed by atoms with E-state index >= 15 is 0 Å². The third kappa shape index (κ3) is 1.02. The Morgan fingerprint density at radius 3 is 2.47 bits per heavy atom. The van der Waals surface area contributed by atoms with Crippen LogP contribution < -0.4 is 0 Å². The smallest absolute Gasteiger partial charge is 0.0775 e. The van der Waals surface area contributed by atoms with Gasteiger partial charge in [-0.15, -0.1) is 0 Å². The average Bonchev–Trinajstić information content (AvgIpc) is 2.72. The molecular formula is C13H24B2. The molecule has 3 saturated carbocycles. The summed E-state index contributed by atoms with van der Waals surface area (Å²) in [5, 5.41) is 0.602. The molecule has 0 aromatic rings. The van der Waals surface area contributed by atoms with E-state index in [-0.39, 0.29) is 0 Å². The van der Waals surface area contributed by atoms with Gasteiger partial charge in [0.05, 0.1) is 7.85 Å². The molecule has 2 heteroatoms. The highest BCUT2D eigenvalue weighted by Crippen LogP contribution is 2.87. The van der Waals surface area contributed by atoms with Gasteiger partial charge in [-0.1, -0.05) is 31.8 Å². The van der Waals surface area contributed by atoms with Gasteiger partial charge in [-0.3, -0.25) is 0 Å². The molecule has 3 aliphatic carbocycles. The second-order valence-electron chi connectivity index (χ2n) is 7.66. The Morgan fingerprint density at radius 2 is 2.07 bits per heavy atom. The van der Waals surface area contributed by atoms with E-state index in [0.29, 0.717) is 5.21 Å². The average molecular weight is 202 g/mol. The van der Waals surface area contributed by atoms with Gasteiger partial charge >= 0.3 is 0 Å². The molecule has 0 aromatic heterocycles. The van der Waals surface area contributed by atoms with E-state index in [2.05, 4.69) is 28.6 Å². The predicted molar refractivity (Wildman–Crippen MR) is 70.6 cm³/mol. The number of hydrogen-bond acceptors (Lipinski definition) is 0. The van der Waals surface area contributed by atoms with Crippen LogP contribution in [0.3, 0.4) is 0 Å². The molecular weight excluding hydrogens is 178 g/mol. The van der Waals surface area contributed by atoms with Crippen molar-refractivity contribution in [3.8, 4) is 0 Å². The van der Waals surface area contributed by atoms with Crippen LogP contribution in [-0.2, 0) is 0 Å². The van der Waals surface area contributed by atoms with Crippen molar-refractivity contribution < 1.29 is 0 Å². The third-order valence-corrected chi connectivity index (χ3v) is 6.32. The summed E-state index contributed by atoms with van der Waals surface area (Å²) in [7, 11) is 4.00. The first-order chi connectivity index (χ1) is 6.94. The lowest BCUT2D eigenvalue weighted by atomic mass is 9.25. The van der Waals surface area contributed by atoms with Crippen molar-refractivity contribution in [2.24, 2.45) is 16.7 Å². The summed E-state index contributed by atoms with van der Waals surface area (Å²) in [6, 6.07) is 0. The molecule has 0 heterocycles. The highest BCUT2D eigenvalue weighted by atomic mass is 14.8. The van der Waals surface area contributed by atoms with Gasteiger partial charge < -0.3 is 0 Å².